The number of nitrogens with zero attached hydrogens (tertiary/aromatic N) is 2. The molecule has 2 heterocycles. The number of fused-ring (bicyclic) bond motifs is 1. The van der Waals surface area contributed by atoms with Gasteiger partial charge >= 0.3 is 5.97 Å². The minimum Gasteiger partial charge on any atom is -0.478 e. The summed E-state index contributed by atoms with van der Waals surface area (Å²) in [5.41, 5.74) is 2.06. The molecule has 0 fully saturated rings. The fourth-order valence-electron chi connectivity index (χ4n) is 3.68. The highest BCUT2D eigenvalue weighted by Crippen LogP contribution is 2.34. The Morgan fingerprint density at radius 3 is 2.47 bits per heavy atom. The van der Waals surface area contributed by atoms with Crippen LogP contribution in [0.5, 0.6) is 0 Å². The molecule has 0 radical (unpaired) electrons. The lowest BCUT2D eigenvalue weighted by molar-refractivity contribution is -0.133. The predicted molar refractivity (Wildman–Crippen MR) is 144 cm³/mol. The van der Waals surface area contributed by atoms with Crippen LogP contribution in [0, 0.1) is 0 Å². The number of nitrogens with one attached hydrogen (secondary N) is 1. The second-order valence-corrected chi connectivity index (χ2v) is 8.45. The topological polar surface area (TPSA) is 64.9 Å². The smallest absolute Gasteiger partial charge is 0.333 e. The van der Waals surface area contributed by atoms with E-state index < -0.39 is 24.0 Å². The number of carboxylic acids is 1. The Morgan fingerprint density at radius 1 is 1.28 bits per heavy atom. The third-order valence-corrected chi connectivity index (χ3v) is 5.75. The van der Waals surface area contributed by atoms with Crippen molar-refractivity contribution >= 4 is 29.1 Å². The molecule has 192 valence electrons. The Bertz CT molecular complexity index is 1160. The van der Waals surface area contributed by atoms with E-state index in [1.165, 1.54) is 19.1 Å². The number of alkyl halides is 2. The Morgan fingerprint density at radius 2 is 1.92 bits per heavy atom. The van der Waals surface area contributed by atoms with Crippen molar-refractivity contribution in [1.82, 2.24) is 10.2 Å². The summed E-state index contributed by atoms with van der Waals surface area (Å²) < 4.78 is 29.9. The molecule has 0 bridgehead atoms. The Labute approximate surface area is 216 Å². The number of amidine groups is 1. The fraction of sp³-hybridized carbons (Fsp3) is 0.286. The van der Waals surface area contributed by atoms with Gasteiger partial charge < -0.3 is 10.0 Å². The summed E-state index contributed by atoms with van der Waals surface area (Å²) in [6.07, 6.45) is 9.45. The van der Waals surface area contributed by atoms with Gasteiger partial charge in [0.15, 0.2) is 0 Å². The zero-order chi connectivity index (χ0) is 27.0. The Kier molecular flexibility index (Phi) is 10.1. The maximum Gasteiger partial charge on any atom is 0.333 e. The van der Waals surface area contributed by atoms with Crippen LogP contribution in [-0.2, 0) is 4.79 Å². The minimum atomic E-state index is -3.25. The maximum absolute atomic E-state index is 15.0. The molecule has 0 saturated heterocycles. The van der Waals surface area contributed by atoms with Crippen LogP contribution in [0.15, 0.2) is 100 Å². The number of benzene rings is 1. The molecule has 0 amide bonds. The second kappa shape index (κ2) is 12.6. The van der Waals surface area contributed by atoms with Crippen LogP contribution >= 0.6 is 11.6 Å². The fourth-order valence-corrected chi connectivity index (χ4v) is 3.79. The van der Waals surface area contributed by atoms with Crippen LogP contribution in [0.4, 0.5) is 8.78 Å². The van der Waals surface area contributed by atoms with Crippen molar-refractivity contribution in [3.63, 3.8) is 0 Å². The van der Waals surface area contributed by atoms with E-state index >= 15 is 0 Å². The van der Waals surface area contributed by atoms with Crippen molar-refractivity contribution in [3.05, 3.63) is 101 Å². The molecule has 0 spiro atoms. The number of hydrogen-bond donors (Lipinski definition) is 2. The monoisotopic (exact) mass is 515 g/mol. The van der Waals surface area contributed by atoms with Gasteiger partial charge in [0, 0.05) is 41.0 Å². The van der Waals surface area contributed by atoms with Crippen molar-refractivity contribution in [1.29, 1.82) is 0 Å². The van der Waals surface area contributed by atoms with Gasteiger partial charge in [0.05, 0.1) is 11.3 Å². The lowest BCUT2D eigenvalue weighted by Gasteiger charge is -2.37. The number of carboxylic acid groups (broad SMARTS) is 1. The molecule has 5 nitrogen and oxygen atoms in total. The van der Waals surface area contributed by atoms with Crippen molar-refractivity contribution in [2.24, 2.45) is 4.99 Å². The van der Waals surface area contributed by atoms with Gasteiger partial charge in [0.25, 0.3) is 5.92 Å². The van der Waals surface area contributed by atoms with Gasteiger partial charge in [-0.25, -0.2) is 18.6 Å². The summed E-state index contributed by atoms with van der Waals surface area (Å²) in [5, 5.41) is 12.6. The number of halogens is 3. The first kappa shape index (κ1) is 28.9. The molecule has 0 aliphatic carbocycles. The summed E-state index contributed by atoms with van der Waals surface area (Å²) >= 11 is 5.99. The summed E-state index contributed by atoms with van der Waals surface area (Å²) in [6.45, 7) is 12.0. The van der Waals surface area contributed by atoms with Crippen LogP contribution in [0.3, 0.4) is 0 Å². The van der Waals surface area contributed by atoms with E-state index in [0.29, 0.717) is 17.2 Å². The van der Waals surface area contributed by atoms with Gasteiger partial charge in [-0.15, -0.1) is 0 Å². The largest absolute Gasteiger partial charge is 0.478 e. The average Bonchev–Trinajstić information content (AvgIpc) is 2.86. The molecule has 2 N–H and O–H groups in total. The molecule has 0 saturated carbocycles. The highest BCUT2D eigenvalue weighted by Gasteiger charge is 2.42. The van der Waals surface area contributed by atoms with E-state index in [2.05, 4.69) is 16.9 Å². The lowest BCUT2D eigenvalue weighted by Crippen LogP contribution is -2.52. The van der Waals surface area contributed by atoms with Gasteiger partial charge in [-0.05, 0) is 32.1 Å². The van der Waals surface area contributed by atoms with E-state index in [-0.39, 0.29) is 16.2 Å². The quantitative estimate of drug-likeness (QED) is 0.292. The summed E-state index contributed by atoms with van der Waals surface area (Å²) in [4.78, 5) is 18.1. The maximum atomic E-state index is 15.0. The van der Waals surface area contributed by atoms with Crippen molar-refractivity contribution in [2.75, 3.05) is 0 Å². The molecule has 36 heavy (non-hydrogen) atoms. The summed E-state index contributed by atoms with van der Waals surface area (Å²) in [6, 6.07) is 6.88. The van der Waals surface area contributed by atoms with Gasteiger partial charge in [-0.3, -0.25) is 5.32 Å². The van der Waals surface area contributed by atoms with Gasteiger partial charge in [-0.1, -0.05) is 74.5 Å². The number of allylic oxidation sites excluding steroid dienone is 6. The highest BCUT2D eigenvalue weighted by molar-refractivity contribution is 6.31. The standard InChI is InChI=1S/C26H26ClF2N3O2.C2H6/c1-5-19(27)15-21(25(33)34)17(3)30-23(26(4,28)29)20-12-9-13-32-16(2)14-22(31-24(20)32)18-10-7-6-8-11-18;1-2/h5-15,17,23,30H,2H2,1,3-4H3,(H,33,34);1-2H3/b19-5+,21-15+;. The van der Waals surface area contributed by atoms with Crippen molar-refractivity contribution in [2.45, 2.75) is 52.6 Å². The number of hydrogen-bond acceptors (Lipinski definition) is 4. The Balaban J connectivity index is 0.00000222. The molecular weight excluding hydrogens is 484 g/mol. The number of aliphatic carboxylic acids is 1. The molecular formula is C28H32ClF2N3O2. The molecule has 2 unspecified atom stereocenters. The highest BCUT2D eigenvalue weighted by atomic mass is 35.5. The van der Waals surface area contributed by atoms with Crippen LogP contribution in [-0.4, -0.2) is 39.8 Å². The van der Waals surface area contributed by atoms with Crippen molar-refractivity contribution < 1.29 is 18.7 Å². The van der Waals surface area contributed by atoms with Crippen LogP contribution in [0.25, 0.3) is 5.70 Å². The van der Waals surface area contributed by atoms with E-state index in [4.69, 9.17) is 11.6 Å². The number of carbonyl (C=O) groups is 1. The summed E-state index contributed by atoms with van der Waals surface area (Å²) in [7, 11) is 0. The molecule has 8 heteroatoms. The van der Waals surface area contributed by atoms with Crippen LogP contribution in [0.1, 0.15) is 40.2 Å². The van der Waals surface area contributed by atoms with Gasteiger partial charge in [0.1, 0.15) is 11.9 Å². The predicted octanol–water partition coefficient (Wildman–Crippen LogP) is 6.89. The first-order chi connectivity index (χ1) is 17.0. The molecule has 2 aliphatic heterocycles. The molecule has 3 rings (SSSR count). The lowest BCUT2D eigenvalue weighted by atomic mass is 9.94. The third-order valence-electron chi connectivity index (χ3n) is 5.42. The number of aliphatic imine (C=N–C) groups is 1. The van der Waals surface area contributed by atoms with E-state index in [9.17, 15) is 18.7 Å². The summed E-state index contributed by atoms with van der Waals surface area (Å²) in [5.74, 6) is -4.20. The minimum absolute atomic E-state index is 0.138. The first-order valence-electron chi connectivity index (χ1n) is 11.7. The Hall–Kier alpha value is -3.29. The molecule has 0 aromatic heterocycles. The zero-order valence-corrected chi connectivity index (χ0v) is 21.9. The normalized spacial score (nSPS) is 17.7. The van der Waals surface area contributed by atoms with E-state index in [1.807, 2.05) is 44.2 Å². The van der Waals surface area contributed by atoms with E-state index in [0.717, 1.165) is 12.5 Å². The molecule has 2 aliphatic rings. The van der Waals surface area contributed by atoms with Crippen LogP contribution in [0.2, 0.25) is 0 Å². The van der Waals surface area contributed by atoms with Crippen LogP contribution < -0.4 is 5.32 Å². The average molecular weight is 516 g/mol. The SMILES string of the molecule is C=C1C=C(c2ccccc2)N=C2C(C(NC(C)/C(=C\C(Cl)=C/C)C(=O)O)C(C)(F)F)=CC=CN12.CC. The molecule has 1 aromatic rings. The number of rotatable bonds is 8. The van der Waals surface area contributed by atoms with Crippen molar-refractivity contribution in [3.8, 4) is 0 Å². The second-order valence-electron chi connectivity index (χ2n) is 8.01. The van der Waals surface area contributed by atoms with Gasteiger partial charge in [0.2, 0.25) is 0 Å². The van der Waals surface area contributed by atoms with Gasteiger partial charge in [-0.2, -0.15) is 0 Å². The molecule has 2 atom stereocenters. The zero-order valence-electron chi connectivity index (χ0n) is 21.1. The molecule has 1 aromatic carbocycles. The third kappa shape index (κ3) is 6.89. The first-order valence-corrected chi connectivity index (χ1v) is 12.0. The van der Waals surface area contributed by atoms with E-state index in [1.54, 1.807) is 36.3 Å².